The van der Waals surface area contributed by atoms with Crippen LogP contribution in [0.5, 0.6) is 11.5 Å². The highest BCUT2D eigenvalue weighted by Crippen LogP contribution is 2.37. The maximum atomic E-state index is 13.6. The second-order valence-corrected chi connectivity index (χ2v) is 10.4. The van der Waals surface area contributed by atoms with Gasteiger partial charge < -0.3 is 14.2 Å². The van der Waals surface area contributed by atoms with Gasteiger partial charge in [-0.1, -0.05) is 6.07 Å². The lowest BCUT2D eigenvalue weighted by Gasteiger charge is -2.22. The molecule has 0 radical (unpaired) electrons. The zero-order valence-corrected chi connectivity index (χ0v) is 22.6. The molecule has 0 fully saturated rings. The first kappa shape index (κ1) is 26.9. The summed E-state index contributed by atoms with van der Waals surface area (Å²) < 4.78 is 47.9. The predicted molar refractivity (Wildman–Crippen MR) is 139 cm³/mol. The Morgan fingerprint density at radius 2 is 1.61 bits per heavy atom. The number of para-hydroxylation sites is 1. The molecule has 4 aromatic rings. The molecule has 0 spiro atoms. The van der Waals surface area contributed by atoms with Gasteiger partial charge in [-0.3, -0.25) is 14.3 Å². The molecule has 200 valence electrons. The number of hydrogen-bond donors (Lipinski definition) is 1. The number of hydrogen-bond acceptors (Lipinski definition) is 11. The third kappa shape index (κ3) is 5.26. The first-order chi connectivity index (χ1) is 18.2. The Morgan fingerprint density at radius 1 is 0.947 bits per heavy atom. The lowest BCUT2D eigenvalue weighted by atomic mass is 10.2. The van der Waals surface area contributed by atoms with Crippen molar-refractivity contribution >= 4 is 16.0 Å². The van der Waals surface area contributed by atoms with Crippen LogP contribution in [0.3, 0.4) is 0 Å². The van der Waals surface area contributed by atoms with Gasteiger partial charge in [0.1, 0.15) is 34.2 Å². The van der Waals surface area contributed by atoms with Crippen molar-refractivity contribution in [3.05, 3.63) is 60.1 Å². The number of methoxy groups -OCH3 is 3. The number of benzene rings is 1. The predicted octanol–water partition coefficient (Wildman–Crippen LogP) is 2.67. The van der Waals surface area contributed by atoms with E-state index in [1.165, 1.54) is 39.0 Å². The monoisotopic (exact) mass is 540 g/mol. The number of anilines is 1. The normalized spacial score (nSPS) is 13.1. The number of sulfonamides is 1. The van der Waals surface area contributed by atoms with Crippen LogP contribution in [0.1, 0.15) is 30.1 Å². The van der Waals surface area contributed by atoms with Crippen LogP contribution in [-0.4, -0.2) is 69.7 Å². The Kier molecular flexibility index (Phi) is 7.83. The summed E-state index contributed by atoms with van der Waals surface area (Å²) in [5, 5.41) is 7.30. The molecule has 1 aromatic carbocycles. The largest absolute Gasteiger partial charge is 0.494 e. The molecule has 0 aliphatic carbocycles. The van der Waals surface area contributed by atoms with Crippen LogP contribution in [0.25, 0.3) is 17.2 Å². The van der Waals surface area contributed by atoms with Gasteiger partial charge in [0.05, 0.1) is 26.1 Å². The summed E-state index contributed by atoms with van der Waals surface area (Å²) in [4.78, 5) is 17.2. The lowest BCUT2D eigenvalue weighted by Crippen LogP contribution is -2.33. The van der Waals surface area contributed by atoms with E-state index in [2.05, 4.69) is 34.9 Å². The molecule has 4 rings (SSSR count). The van der Waals surface area contributed by atoms with Crippen LogP contribution < -0.4 is 14.2 Å². The van der Waals surface area contributed by atoms with Crippen molar-refractivity contribution in [2.24, 2.45) is 0 Å². The maximum Gasteiger partial charge on any atom is 0.243 e. The molecule has 1 N–H and O–H groups in total. The van der Waals surface area contributed by atoms with Gasteiger partial charge in [-0.15, -0.1) is 10.2 Å². The number of aromatic nitrogens is 7. The molecule has 3 heterocycles. The van der Waals surface area contributed by atoms with Gasteiger partial charge in [0, 0.05) is 25.7 Å². The fourth-order valence-electron chi connectivity index (χ4n) is 3.79. The summed E-state index contributed by atoms with van der Waals surface area (Å²) in [5.74, 6) is 1.13. The van der Waals surface area contributed by atoms with E-state index in [1.54, 1.807) is 43.7 Å². The molecule has 0 amide bonds. The van der Waals surface area contributed by atoms with Crippen molar-refractivity contribution in [2.75, 3.05) is 26.1 Å². The topological polar surface area (TPSA) is 156 Å². The van der Waals surface area contributed by atoms with E-state index >= 15 is 0 Å². The standard InChI is InChI=1S/C24H28N8O5S/c1-14-10-26-22(27-11-14)21(37-6)16(3)38(33,34)31-24-30-29-23(17-13-25-12-15(2)28-17)32(24)20-18(35-4)8-7-9-19(20)36-5/h7-13,16,21H,1-6H3,(H,30,31)/t16-,21-/m0/s1. The minimum Gasteiger partial charge on any atom is -0.494 e. The first-order valence-corrected chi connectivity index (χ1v) is 13.0. The minimum atomic E-state index is -4.13. The fraction of sp³-hybridized carbons (Fsp3) is 0.333. The molecule has 2 atom stereocenters. The highest BCUT2D eigenvalue weighted by Gasteiger charge is 2.35. The molecule has 0 bridgehead atoms. The lowest BCUT2D eigenvalue weighted by molar-refractivity contribution is 0.0949. The SMILES string of the molecule is COc1cccc(OC)c1-n1c(NS(=O)(=O)[C@@H](C)[C@H](OC)c2ncc(C)cn2)nnc1-c1cncc(C)n1. The minimum absolute atomic E-state index is 0.113. The summed E-state index contributed by atoms with van der Waals surface area (Å²) in [6.07, 6.45) is 5.35. The van der Waals surface area contributed by atoms with Crippen LogP contribution in [0.2, 0.25) is 0 Å². The van der Waals surface area contributed by atoms with Crippen molar-refractivity contribution in [1.82, 2.24) is 34.7 Å². The zero-order valence-electron chi connectivity index (χ0n) is 21.8. The molecular formula is C24H28N8O5S. The Bertz CT molecular complexity index is 1500. The average molecular weight is 541 g/mol. The summed E-state index contributed by atoms with van der Waals surface area (Å²) in [6, 6.07) is 5.16. The molecule has 0 aliphatic rings. The van der Waals surface area contributed by atoms with Crippen molar-refractivity contribution in [2.45, 2.75) is 32.1 Å². The summed E-state index contributed by atoms with van der Waals surface area (Å²) in [5.41, 5.74) is 2.21. The van der Waals surface area contributed by atoms with Gasteiger partial charge in [0.2, 0.25) is 16.0 Å². The Labute approximate surface area is 220 Å². The van der Waals surface area contributed by atoms with E-state index in [0.29, 0.717) is 28.6 Å². The molecule has 13 nitrogen and oxygen atoms in total. The third-order valence-corrected chi connectivity index (χ3v) is 7.42. The quantitative estimate of drug-likeness (QED) is 0.315. The first-order valence-electron chi connectivity index (χ1n) is 11.5. The molecule has 0 unspecified atom stereocenters. The second-order valence-electron chi connectivity index (χ2n) is 8.37. The highest BCUT2D eigenvalue weighted by atomic mass is 32.2. The average Bonchev–Trinajstić information content (AvgIpc) is 3.31. The van der Waals surface area contributed by atoms with Crippen LogP contribution in [-0.2, 0) is 14.8 Å². The number of rotatable bonds is 10. The molecule has 38 heavy (non-hydrogen) atoms. The van der Waals surface area contributed by atoms with E-state index in [4.69, 9.17) is 14.2 Å². The highest BCUT2D eigenvalue weighted by molar-refractivity contribution is 7.93. The van der Waals surface area contributed by atoms with Crippen molar-refractivity contribution in [1.29, 1.82) is 0 Å². The maximum absolute atomic E-state index is 13.6. The van der Waals surface area contributed by atoms with Crippen molar-refractivity contribution in [3.8, 4) is 28.7 Å². The molecule has 0 saturated heterocycles. The molecular weight excluding hydrogens is 512 g/mol. The van der Waals surface area contributed by atoms with Gasteiger partial charge in [0.25, 0.3) is 0 Å². The molecule has 0 saturated carbocycles. The van der Waals surface area contributed by atoms with Crippen LogP contribution in [0, 0.1) is 13.8 Å². The van der Waals surface area contributed by atoms with E-state index in [0.717, 1.165) is 5.56 Å². The molecule has 0 aliphatic heterocycles. The van der Waals surface area contributed by atoms with Crippen LogP contribution in [0.4, 0.5) is 5.95 Å². The molecule has 3 aromatic heterocycles. The van der Waals surface area contributed by atoms with Crippen molar-refractivity contribution in [3.63, 3.8) is 0 Å². The Hall–Kier alpha value is -4.17. The molecule has 14 heteroatoms. The summed E-state index contributed by atoms with van der Waals surface area (Å²) in [7, 11) is 0.257. The zero-order chi connectivity index (χ0) is 27.4. The number of nitrogens with one attached hydrogen (secondary N) is 1. The van der Waals surface area contributed by atoms with E-state index in [-0.39, 0.29) is 17.6 Å². The van der Waals surface area contributed by atoms with Gasteiger partial charge in [0.15, 0.2) is 11.6 Å². The van der Waals surface area contributed by atoms with Gasteiger partial charge in [-0.2, -0.15) is 0 Å². The smallest absolute Gasteiger partial charge is 0.243 e. The van der Waals surface area contributed by atoms with E-state index < -0.39 is 21.4 Å². The van der Waals surface area contributed by atoms with Crippen LogP contribution >= 0.6 is 0 Å². The van der Waals surface area contributed by atoms with E-state index in [1.807, 2.05) is 6.92 Å². The Morgan fingerprint density at radius 3 is 2.18 bits per heavy atom. The number of nitrogens with zero attached hydrogens (tertiary/aromatic N) is 7. The summed E-state index contributed by atoms with van der Waals surface area (Å²) >= 11 is 0. The van der Waals surface area contributed by atoms with Gasteiger partial charge in [-0.05, 0) is 38.5 Å². The summed E-state index contributed by atoms with van der Waals surface area (Å²) in [6.45, 7) is 5.11. The van der Waals surface area contributed by atoms with Gasteiger partial charge >= 0.3 is 0 Å². The van der Waals surface area contributed by atoms with Crippen molar-refractivity contribution < 1.29 is 22.6 Å². The van der Waals surface area contributed by atoms with E-state index in [9.17, 15) is 8.42 Å². The number of aryl methyl sites for hydroxylation is 2. The fourth-order valence-corrected chi connectivity index (χ4v) is 4.92. The second kappa shape index (κ2) is 11.1. The number of ether oxygens (including phenoxy) is 3. The Balaban J connectivity index is 1.84. The van der Waals surface area contributed by atoms with Crippen LogP contribution in [0.15, 0.2) is 43.0 Å². The third-order valence-electron chi connectivity index (χ3n) is 5.73. The van der Waals surface area contributed by atoms with Gasteiger partial charge in [-0.25, -0.2) is 23.4 Å².